The van der Waals surface area contributed by atoms with Crippen molar-refractivity contribution in [1.29, 1.82) is 0 Å². The number of aryl methyl sites for hydroxylation is 1. The molecule has 0 aliphatic carbocycles. The molecule has 0 atom stereocenters. The van der Waals surface area contributed by atoms with Crippen LogP contribution in [0.15, 0.2) is 12.1 Å². The monoisotopic (exact) mass is 278 g/mol. The second kappa shape index (κ2) is 6.21. The van der Waals surface area contributed by atoms with E-state index in [0.29, 0.717) is 0 Å². The Bertz CT molecular complexity index is 546. The van der Waals surface area contributed by atoms with Crippen LogP contribution in [0.1, 0.15) is 18.9 Å². The highest BCUT2D eigenvalue weighted by atomic mass is 32.1. The zero-order valence-electron chi connectivity index (χ0n) is 11.9. The number of nitrogens with two attached hydrogens (primary N) is 1. The van der Waals surface area contributed by atoms with Gasteiger partial charge >= 0.3 is 0 Å². The third-order valence-corrected chi connectivity index (χ3v) is 4.24. The first-order valence-corrected chi connectivity index (χ1v) is 7.58. The number of aromatic nitrogens is 1. The van der Waals surface area contributed by atoms with Crippen molar-refractivity contribution in [2.24, 2.45) is 0 Å². The van der Waals surface area contributed by atoms with Gasteiger partial charge in [0.05, 0.1) is 26.6 Å². The minimum absolute atomic E-state index is 0.802. The van der Waals surface area contributed by atoms with Crippen molar-refractivity contribution in [3.63, 3.8) is 0 Å². The molecule has 0 spiro atoms. The number of nitrogens with one attached hydrogen (secondary N) is 1. The van der Waals surface area contributed by atoms with Gasteiger partial charge in [0.25, 0.3) is 0 Å². The lowest BCUT2D eigenvalue weighted by molar-refractivity contribution is 0.316. The number of anilines is 2. The lowest BCUT2D eigenvalue weighted by atomic mass is 10.2. The Hall–Kier alpha value is -1.33. The second-order valence-corrected chi connectivity index (χ2v) is 5.83. The number of likely N-dealkylation sites (N-methyl/N-ethyl adjacent to an activating group) is 1. The van der Waals surface area contributed by atoms with Gasteiger partial charge in [0.15, 0.2) is 0 Å². The standard InChI is InChI=1S/C14H22N4S/c1-4-18(5-2)7-6-16-12-9-13-14(8-11(12)15)19-10(3)17-13/h8-9,16H,4-7,15H2,1-3H3. The summed E-state index contributed by atoms with van der Waals surface area (Å²) in [6, 6.07) is 4.07. The van der Waals surface area contributed by atoms with Crippen LogP contribution in [0.4, 0.5) is 11.4 Å². The van der Waals surface area contributed by atoms with Crippen LogP contribution in [-0.4, -0.2) is 36.1 Å². The van der Waals surface area contributed by atoms with Crippen LogP contribution < -0.4 is 11.1 Å². The minimum Gasteiger partial charge on any atom is -0.397 e. The Morgan fingerprint density at radius 2 is 2.05 bits per heavy atom. The van der Waals surface area contributed by atoms with Crippen LogP contribution in [0.25, 0.3) is 10.2 Å². The number of hydrogen-bond acceptors (Lipinski definition) is 5. The Kier molecular flexibility index (Phi) is 4.61. The van der Waals surface area contributed by atoms with E-state index in [9.17, 15) is 0 Å². The first-order chi connectivity index (χ1) is 9.13. The van der Waals surface area contributed by atoms with Gasteiger partial charge in [-0.1, -0.05) is 13.8 Å². The van der Waals surface area contributed by atoms with Crippen LogP contribution in [0.3, 0.4) is 0 Å². The fraction of sp³-hybridized carbons (Fsp3) is 0.500. The highest BCUT2D eigenvalue weighted by Crippen LogP contribution is 2.29. The second-order valence-electron chi connectivity index (χ2n) is 4.59. The molecular weight excluding hydrogens is 256 g/mol. The van der Waals surface area contributed by atoms with E-state index in [1.807, 2.05) is 13.0 Å². The summed E-state index contributed by atoms with van der Waals surface area (Å²) >= 11 is 1.68. The molecule has 104 valence electrons. The summed E-state index contributed by atoms with van der Waals surface area (Å²) < 4.78 is 1.16. The quantitative estimate of drug-likeness (QED) is 0.798. The minimum atomic E-state index is 0.802. The fourth-order valence-corrected chi connectivity index (χ4v) is 3.00. The molecule has 2 aromatic rings. The topological polar surface area (TPSA) is 54.2 Å². The molecular formula is C14H22N4S. The zero-order valence-corrected chi connectivity index (χ0v) is 12.7. The maximum absolute atomic E-state index is 6.08. The van der Waals surface area contributed by atoms with E-state index in [4.69, 9.17) is 5.73 Å². The van der Waals surface area contributed by atoms with Crippen LogP contribution >= 0.6 is 11.3 Å². The molecule has 0 bridgehead atoms. The maximum Gasteiger partial charge on any atom is 0.0907 e. The van der Waals surface area contributed by atoms with Crippen molar-refractivity contribution in [3.05, 3.63) is 17.1 Å². The average molecular weight is 278 g/mol. The lowest BCUT2D eigenvalue weighted by Gasteiger charge is -2.18. The Morgan fingerprint density at radius 3 is 2.74 bits per heavy atom. The van der Waals surface area contributed by atoms with Crippen molar-refractivity contribution >= 4 is 32.9 Å². The van der Waals surface area contributed by atoms with Crippen LogP contribution in [0.5, 0.6) is 0 Å². The number of hydrogen-bond donors (Lipinski definition) is 2. The Labute approximate surface area is 118 Å². The molecule has 4 nitrogen and oxygen atoms in total. The van der Waals surface area contributed by atoms with Gasteiger partial charge in [-0.3, -0.25) is 0 Å². The molecule has 5 heteroatoms. The van der Waals surface area contributed by atoms with Gasteiger partial charge in [0.2, 0.25) is 0 Å². The number of benzene rings is 1. The summed E-state index contributed by atoms with van der Waals surface area (Å²) in [5, 5.41) is 4.49. The molecule has 1 aromatic heterocycles. The zero-order chi connectivity index (χ0) is 13.8. The number of thiazole rings is 1. The molecule has 0 unspecified atom stereocenters. The molecule has 2 rings (SSSR count). The summed E-state index contributed by atoms with van der Waals surface area (Å²) in [5.41, 5.74) is 8.90. The van der Waals surface area contributed by atoms with Crippen LogP contribution in [0, 0.1) is 6.92 Å². The largest absolute Gasteiger partial charge is 0.397 e. The third-order valence-electron chi connectivity index (χ3n) is 3.30. The summed E-state index contributed by atoms with van der Waals surface area (Å²) in [4.78, 5) is 6.89. The first kappa shape index (κ1) is 14.1. The van der Waals surface area contributed by atoms with E-state index in [1.54, 1.807) is 11.3 Å². The molecule has 0 aliphatic rings. The fourth-order valence-electron chi connectivity index (χ4n) is 2.15. The summed E-state index contributed by atoms with van der Waals surface area (Å²) in [6.45, 7) is 10.5. The Balaban J connectivity index is 2.05. The number of nitrogen functional groups attached to an aromatic ring is 1. The summed E-state index contributed by atoms with van der Waals surface area (Å²) in [6.07, 6.45) is 0. The molecule has 0 saturated carbocycles. The molecule has 0 aliphatic heterocycles. The molecule has 19 heavy (non-hydrogen) atoms. The molecule has 0 fully saturated rings. The average Bonchev–Trinajstić information content (AvgIpc) is 2.74. The molecule has 0 saturated heterocycles. The van der Waals surface area contributed by atoms with Gasteiger partial charge in [-0.05, 0) is 32.1 Å². The third kappa shape index (κ3) is 3.36. The van der Waals surface area contributed by atoms with Crippen molar-refractivity contribution in [2.45, 2.75) is 20.8 Å². The highest BCUT2D eigenvalue weighted by Gasteiger charge is 2.06. The van der Waals surface area contributed by atoms with Gasteiger partial charge in [-0.2, -0.15) is 0 Å². The lowest BCUT2D eigenvalue weighted by Crippen LogP contribution is -2.28. The number of rotatable bonds is 6. The predicted molar refractivity (Wildman–Crippen MR) is 85.0 cm³/mol. The first-order valence-electron chi connectivity index (χ1n) is 6.77. The smallest absolute Gasteiger partial charge is 0.0907 e. The summed E-state index contributed by atoms with van der Waals surface area (Å²) in [5.74, 6) is 0. The van der Waals surface area contributed by atoms with Crippen LogP contribution in [0.2, 0.25) is 0 Å². The van der Waals surface area contributed by atoms with Crippen molar-refractivity contribution in [1.82, 2.24) is 9.88 Å². The van der Waals surface area contributed by atoms with E-state index < -0.39 is 0 Å². The van der Waals surface area contributed by atoms with Crippen molar-refractivity contribution in [2.75, 3.05) is 37.2 Å². The molecule has 0 radical (unpaired) electrons. The number of fused-ring (bicyclic) bond motifs is 1. The van der Waals surface area contributed by atoms with E-state index in [1.165, 1.54) is 0 Å². The van der Waals surface area contributed by atoms with E-state index in [0.717, 1.165) is 52.8 Å². The van der Waals surface area contributed by atoms with Crippen molar-refractivity contribution < 1.29 is 0 Å². The molecule has 1 aromatic carbocycles. The van der Waals surface area contributed by atoms with E-state index >= 15 is 0 Å². The van der Waals surface area contributed by atoms with E-state index in [2.05, 4.69) is 35.1 Å². The maximum atomic E-state index is 6.08. The predicted octanol–water partition coefficient (Wildman–Crippen LogP) is 2.94. The van der Waals surface area contributed by atoms with Gasteiger partial charge in [-0.15, -0.1) is 11.3 Å². The van der Waals surface area contributed by atoms with Gasteiger partial charge in [0, 0.05) is 13.1 Å². The summed E-state index contributed by atoms with van der Waals surface area (Å²) in [7, 11) is 0. The molecule has 1 heterocycles. The van der Waals surface area contributed by atoms with Gasteiger partial charge < -0.3 is 16.0 Å². The highest BCUT2D eigenvalue weighted by molar-refractivity contribution is 7.18. The van der Waals surface area contributed by atoms with Gasteiger partial charge in [0.1, 0.15) is 0 Å². The van der Waals surface area contributed by atoms with Gasteiger partial charge in [-0.25, -0.2) is 4.98 Å². The Morgan fingerprint density at radius 1 is 1.32 bits per heavy atom. The normalized spacial score (nSPS) is 11.4. The SMILES string of the molecule is CCN(CC)CCNc1cc2nc(C)sc2cc1N. The number of nitrogens with zero attached hydrogens (tertiary/aromatic N) is 2. The molecule has 0 amide bonds. The van der Waals surface area contributed by atoms with E-state index in [-0.39, 0.29) is 0 Å². The van der Waals surface area contributed by atoms with Crippen LogP contribution in [-0.2, 0) is 0 Å². The van der Waals surface area contributed by atoms with Crippen molar-refractivity contribution in [3.8, 4) is 0 Å². The molecule has 3 N–H and O–H groups in total.